The van der Waals surface area contributed by atoms with E-state index in [1.54, 1.807) is 6.92 Å². The van der Waals surface area contributed by atoms with Gasteiger partial charge in [-0.3, -0.25) is 9.69 Å². The molecular formula is C8H16N2O2. The summed E-state index contributed by atoms with van der Waals surface area (Å²) < 4.78 is 0. The summed E-state index contributed by atoms with van der Waals surface area (Å²) in [7, 11) is 0. The number of aliphatic hydroxyl groups excluding tert-OH is 1. The number of β-amino-alcohol motifs (C(OH)–C–C–N with tert-alkyl or cyclic N) is 1. The summed E-state index contributed by atoms with van der Waals surface area (Å²) in [5.74, 6) is -0.230. The highest BCUT2D eigenvalue weighted by molar-refractivity contribution is 5.77. The fraction of sp³-hybridized carbons (Fsp3) is 0.875. The van der Waals surface area contributed by atoms with Gasteiger partial charge in [-0.25, -0.2) is 0 Å². The Morgan fingerprint density at radius 1 is 1.83 bits per heavy atom. The van der Waals surface area contributed by atoms with E-state index in [0.29, 0.717) is 13.1 Å². The zero-order valence-electron chi connectivity index (χ0n) is 7.36. The molecule has 0 aromatic heterocycles. The molecule has 2 atom stereocenters. The number of likely N-dealkylation sites (tertiary alicyclic amines) is 1. The Morgan fingerprint density at radius 3 is 2.92 bits per heavy atom. The number of carbonyl (C=O) groups excluding carboxylic acids is 1. The zero-order chi connectivity index (χ0) is 9.14. The Balaban J connectivity index is 2.30. The molecule has 1 amide bonds. The van der Waals surface area contributed by atoms with Gasteiger partial charge in [0, 0.05) is 13.1 Å². The van der Waals surface area contributed by atoms with E-state index in [2.05, 4.69) is 4.90 Å². The van der Waals surface area contributed by atoms with Crippen molar-refractivity contribution in [1.29, 1.82) is 0 Å². The lowest BCUT2D eigenvalue weighted by Crippen LogP contribution is -2.31. The summed E-state index contributed by atoms with van der Waals surface area (Å²) in [5, 5.41) is 9.08. The summed E-state index contributed by atoms with van der Waals surface area (Å²) >= 11 is 0. The minimum atomic E-state index is -0.323. The van der Waals surface area contributed by atoms with Gasteiger partial charge in [0.25, 0.3) is 0 Å². The summed E-state index contributed by atoms with van der Waals surface area (Å²) in [6.07, 6.45) is 0.513. The maximum absolute atomic E-state index is 10.8. The molecule has 1 rings (SSSR count). The molecule has 1 saturated heterocycles. The second-order valence-corrected chi connectivity index (χ2v) is 3.50. The third kappa shape index (κ3) is 2.46. The summed E-state index contributed by atoms with van der Waals surface area (Å²) in [6, 6.07) is 0. The van der Waals surface area contributed by atoms with Crippen molar-refractivity contribution >= 4 is 5.91 Å². The third-order valence-electron chi connectivity index (χ3n) is 2.20. The average molecular weight is 172 g/mol. The predicted molar refractivity (Wildman–Crippen MR) is 45.4 cm³/mol. The molecule has 1 unspecified atom stereocenters. The Kier molecular flexibility index (Phi) is 3.05. The highest BCUT2D eigenvalue weighted by atomic mass is 16.3. The highest BCUT2D eigenvalue weighted by Gasteiger charge is 2.26. The largest absolute Gasteiger partial charge is 0.392 e. The molecule has 0 aliphatic carbocycles. The van der Waals surface area contributed by atoms with E-state index in [9.17, 15) is 4.79 Å². The monoisotopic (exact) mass is 172 g/mol. The first-order chi connectivity index (χ1) is 5.59. The standard InChI is InChI=1S/C8H16N2O2/c1-6(11)4-10-3-2-7(5-10)8(9)12/h6-7,11H,2-5H2,1H3,(H2,9,12)/t6-,7?/m1/s1. The maximum atomic E-state index is 10.8. The van der Waals surface area contributed by atoms with E-state index in [4.69, 9.17) is 10.8 Å². The van der Waals surface area contributed by atoms with Crippen LogP contribution >= 0.6 is 0 Å². The number of nitrogens with zero attached hydrogens (tertiary/aromatic N) is 1. The Labute approximate surface area is 72.3 Å². The number of hydrogen-bond acceptors (Lipinski definition) is 3. The van der Waals surface area contributed by atoms with Gasteiger partial charge in [0.15, 0.2) is 0 Å². The van der Waals surface area contributed by atoms with E-state index in [1.165, 1.54) is 0 Å². The zero-order valence-corrected chi connectivity index (χ0v) is 7.36. The molecule has 0 aromatic rings. The van der Waals surface area contributed by atoms with Gasteiger partial charge >= 0.3 is 0 Å². The number of primary amides is 1. The molecule has 1 aliphatic rings. The predicted octanol–water partition coefficient (Wildman–Crippen LogP) is -0.826. The summed E-state index contributed by atoms with van der Waals surface area (Å²) in [5.41, 5.74) is 5.16. The van der Waals surface area contributed by atoms with Gasteiger partial charge in [0.1, 0.15) is 0 Å². The summed E-state index contributed by atoms with van der Waals surface area (Å²) in [4.78, 5) is 12.8. The normalized spacial score (nSPS) is 27.3. The van der Waals surface area contributed by atoms with Crippen LogP contribution in [0.4, 0.5) is 0 Å². The van der Waals surface area contributed by atoms with Crippen LogP contribution < -0.4 is 5.73 Å². The van der Waals surface area contributed by atoms with Crippen molar-refractivity contribution in [2.45, 2.75) is 19.4 Å². The van der Waals surface area contributed by atoms with E-state index < -0.39 is 0 Å². The minimum Gasteiger partial charge on any atom is -0.392 e. The van der Waals surface area contributed by atoms with Crippen LogP contribution in [0.5, 0.6) is 0 Å². The van der Waals surface area contributed by atoms with E-state index in [-0.39, 0.29) is 17.9 Å². The smallest absolute Gasteiger partial charge is 0.221 e. The van der Waals surface area contributed by atoms with Crippen LogP contribution in [0.2, 0.25) is 0 Å². The van der Waals surface area contributed by atoms with E-state index in [0.717, 1.165) is 13.0 Å². The minimum absolute atomic E-state index is 0.0104. The average Bonchev–Trinajstić information content (AvgIpc) is 2.34. The first kappa shape index (κ1) is 9.48. The number of hydrogen-bond donors (Lipinski definition) is 2. The molecule has 4 nitrogen and oxygen atoms in total. The first-order valence-corrected chi connectivity index (χ1v) is 4.29. The fourth-order valence-electron chi connectivity index (χ4n) is 1.60. The molecule has 3 N–H and O–H groups in total. The van der Waals surface area contributed by atoms with Crippen LogP contribution in [-0.2, 0) is 4.79 Å². The first-order valence-electron chi connectivity index (χ1n) is 4.29. The van der Waals surface area contributed by atoms with Crippen molar-refractivity contribution in [3.8, 4) is 0 Å². The van der Waals surface area contributed by atoms with Gasteiger partial charge in [0.05, 0.1) is 12.0 Å². The van der Waals surface area contributed by atoms with Crippen LogP contribution in [0.15, 0.2) is 0 Å². The maximum Gasteiger partial charge on any atom is 0.221 e. The number of aliphatic hydroxyl groups is 1. The third-order valence-corrected chi connectivity index (χ3v) is 2.20. The fourth-order valence-corrected chi connectivity index (χ4v) is 1.60. The Bertz CT molecular complexity index is 170. The van der Waals surface area contributed by atoms with Gasteiger partial charge in [-0.2, -0.15) is 0 Å². The molecule has 1 fully saturated rings. The molecule has 1 heterocycles. The van der Waals surface area contributed by atoms with Gasteiger partial charge in [-0.1, -0.05) is 0 Å². The molecule has 0 saturated carbocycles. The van der Waals surface area contributed by atoms with Crippen molar-refractivity contribution in [3.63, 3.8) is 0 Å². The van der Waals surface area contributed by atoms with Crippen LogP contribution in [0, 0.1) is 5.92 Å². The van der Waals surface area contributed by atoms with Crippen molar-refractivity contribution in [1.82, 2.24) is 4.90 Å². The van der Waals surface area contributed by atoms with Gasteiger partial charge in [-0.05, 0) is 19.9 Å². The summed E-state index contributed by atoms with van der Waals surface area (Å²) in [6.45, 7) is 3.97. The lowest BCUT2D eigenvalue weighted by atomic mass is 10.1. The molecule has 70 valence electrons. The molecule has 4 heteroatoms. The van der Waals surface area contributed by atoms with Gasteiger partial charge in [-0.15, -0.1) is 0 Å². The van der Waals surface area contributed by atoms with Crippen LogP contribution in [0.3, 0.4) is 0 Å². The van der Waals surface area contributed by atoms with Gasteiger partial charge in [0.2, 0.25) is 5.91 Å². The van der Waals surface area contributed by atoms with Crippen molar-refractivity contribution in [3.05, 3.63) is 0 Å². The molecule has 0 bridgehead atoms. The molecule has 0 spiro atoms. The van der Waals surface area contributed by atoms with Crippen LogP contribution in [0.1, 0.15) is 13.3 Å². The van der Waals surface area contributed by atoms with E-state index >= 15 is 0 Å². The second-order valence-electron chi connectivity index (χ2n) is 3.50. The van der Waals surface area contributed by atoms with Crippen LogP contribution in [-0.4, -0.2) is 41.7 Å². The number of rotatable bonds is 3. The number of carbonyl (C=O) groups is 1. The topological polar surface area (TPSA) is 66.6 Å². The molecule has 12 heavy (non-hydrogen) atoms. The molecule has 0 radical (unpaired) electrons. The SMILES string of the molecule is C[C@@H](O)CN1CCC(C(N)=O)C1. The lowest BCUT2D eigenvalue weighted by Gasteiger charge is -2.16. The highest BCUT2D eigenvalue weighted by Crippen LogP contribution is 2.15. The van der Waals surface area contributed by atoms with Gasteiger partial charge < -0.3 is 10.8 Å². The Morgan fingerprint density at radius 2 is 2.50 bits per heavy atom. The molecule has 1 aliphatic heterocycles. The number of nitrogens with two attached hydrogens (primary N) is 1. The van der Waals surface area contributed by atoms with Crippen LogP contribution in [0.25, 0.3) is 0 Å². The van der Waals surface area contributed by atoms with Crippen molar-refractivity contribution < 1.29 is 9.90 Å². The second kappa shape index (κ2) is 3.87. The Hall–Kier alpha value is -0.610. The lowest BCUT2D eigenvalue weighted by molar-refractivity contribution is -0.121. The van der Waals surface area contributed by atoms with Crippen molar-refractivity contribution in [2.24, 2.45) is 11.7 Å². The number of amides is 1. The molecule has 0 aromatic carbocycles. The van der Waals surface area contributed by atoms with Crippen molar-refractivity contribution in [2.75, 3.05) is 19.6 Å². The molecular weight excluding hydrogens is 156 g/mol. The van der Waals surface area contributed by atoms with E-state index in [1.807, 2.05) is 0 Å². The quantitative estimate of drug-likeness (QED) is 0.584.